The summed E-state index contributed by atoms with van der Waals surface area (Å²) >= 11 is 0. The molecule has 2 rings (SSSR count). The molecule has 0 radical (unpaired) electrons. The molecule has 0 bridgehead atoms. The van der Waals surface area contributed by atoms with E-state index < -0.39 is 0 Å². The second-order valence-electron chi connectivity index (χ2n) is 4.29. The van der Waals surface area contributed by atoms with Crippen LogP contribution in [-0.2, 0) is 4.74 Å². The molecular weight excluding hydrogens is 228 g/mol. The number of benzene rings is 1. The molecule has 0 unspecified atom stereocenters. The second kappa shape index (κ2) is 6.24. The van der Waals surface area contributed by atoms with E-state index in [4.69, 9.17) is 15.7 Å². The van der Waals surface area contributed by atoms with Crippen LogP contribution in [0.2, 0.25) is 0 Å². The first-order valence-electron chi connectivity index (χ1n) is 6.13. The van der Waals surface area contributed by atoms with E-state index in [0.29, 0.717) is 11.3 Å². The molecule has 5 nitrogen and oxygen atoms in total. The minimum Gasteiger partial charge on any atom is -0.397 e. The third-order valence-electron chi connectivity index (χ3n) is 3.03. The van der Waals surface area contributed by atoms with Crippen molar-refractivity contribution in [2.45, 2.75) is 0 Å². The number of nitriles is 1. The van der Waals surface area contributed by atoms with Gasteiger partial charge >= 0.3 is 0 Å². The van der Waals surface area contributed by atoms with Crippen molar-refractivity contribution in [3.63, 3.8) is 0 Å². The Morgan fingerprint density at radius 2 is 2.17 bits per heavy atom. The summed E-state index contributed by atoms with van der Waals surface area (Å²) in [5.74, 6) is 0. The Balaban J connectivity index is 1.81. The van der Waals surface area contributed by atoms with Crippen LogP contribution in [0.15, 0.2) is 18.2 Å². The fraction of sp³-hybridized carbons (Fsp3) is 0.462. The van der Waals surface area contributed by atoms with Gasteiger partial charge in [0.25, 0.3) is 0 Å². The number of hydrogen-bond donors (Lipinski definition) is 2. The summed E-state index contributed by atoms with van der Waals surface area (Å²) in [7, 11) is 0. The van der Waals surface area contributed by atoms with E-state index >= 15 is 0 Å². The van der Waals surface area contributed by atoms with Crippen LogP contribution in [0.4, 0.5) is 11.4 Å². The van der Waals surface area contributed by atoms with Crippen LogP contribution in [0.3, 0.4) is 0 Å². The smallest absolute Gasteiger partial charge is 0.0992 e. The molecular formula is C13H18N4O. The second-order valence-corrected chi connectivity index (χ2v) is 4.29. The summed E-state index contributed by atoms with van der Waals surface area (Å²) < 4.78 is 5.30. The van der Waals surface area contributed by atoms with Crippen molar-refractivity contribution in [3.05, 3.63) is 23.8 Å². The molecule has 1 aliphatic rings. The van der Waals surface area contributed by atoms with Gasteiger partial charge in [0.05, 0.1) is 36.2 Å². The minimum absolute atomic E-state index is 0.589. The average molecular weight is 246 g/mol. The number of nitrogens with two attached hydrogens (primary N) is 1. The Morgan fingerprint density at radius 3 is 2.83 bits per heavy atom. The molecule has 1 aromatic rings. The molecule has 0 atom stereocenters. The maximum atomic E-state index is 8.75. The molecule has 0 amide bonds. The fourth-order valence-electron chi connectivity index (χ4n) is 1.97. The molecule has 0 aromatic heterocycles. The van der Waals surface area contributed by atoms with E-state index in [9.17, 15) is 0 Å². The predicted molar refractivity (Wildman–Crippen MR) is 71.3 cm³/mol. The number of nitrogens with one attached hydrogen (secondary N) is 1. The zero-order valence-corrected chi connectivity index (χ0v) is 10.4. The van der Waals surface area contributed by atoms with Crippen LogP contribution in [0, 0.1) is 11.3 Å². The number of rotatable bonds is 4. The molecule has 5 heteroatoms. The highest BCUT2D eigenvalue weighted by Crippen LogP contribution is 2.19. The lowest BCUT2D eigenvalue weighted by molar-refractivity contribution is 0.0398. The largest absolute Gasteiger partial charge is 0.397 e. The minimum atomic E-state index is 0.589. The van der Waals surface area contributed by atoms with E-state index in [1.165, 1.54) is 0 Å². The molecule has 1 saturated heterocycles. The van der Waals surface area contributed by atoms with Crippen molar-refractivity contribution in [3.8, 4) is 6.07 Å². The lowest BCUT2D eigenvalue weighted by Gasteiger charge is -2.26. The van der Waals surface area contributed by atoms with Gasteiger partial charge in [0.15, 0.2) is 0 Å². The zero-order chi connectivity index (χ0) is 12.8. The van der Waals surface area contributed by atoms with Crippen molar-refractivity contribution in [2.75, 3.05) is 50.4 Å². The third-order valence-corrected chi connectivity index (χ3v) is 3.03. The van der Waals surface area contributed by atoms with Crippen molar-refractivity contribution < 1.29 is 4.74 Å². The summed E-state index contributed by atoms with van der Waals surface area (Å²) in [4.78, 5) is 2.36. The number of hydrogen-bond acceptors (Lipinski definition) is 5. The molecule has 1 aromatic carbocycles. The van der Waals surface area contributed by atoms with Gasteiger partial charge in [-0.1, -0.05) is 0 Å². The van der Waals surface area contributed by atoms with Gasteiger partial charge < -0.3 is 15.8 Å². The zero-order valence-electron chi connectivity index (χ0n) is 10.4. The highest BCUT2D eigenvalue weighted by molar-refractivity contribution is 5.68. The number of anilines is 2. The van der Waals surface area contributed by atoms with Crippen LogP contribution < -0.4 is 11.1 Å². The van der Waals surface area contributed by atoms with Crippen LogP contribution in [-0.4, -0.2) is 44.3 Å². The average Bonchev–Trinajstić information content (AvgIpc) is 2.42. The van der Waals surface area contributed by atoms with E-state index in [-0.39, 0.29) is 0 Å². The molecule has 0 aliphatic carbocycles. The topological polar surface area (TPSA) is 74.3 Å². The molecule has 0 saturated carbocycles. The lowest BCUT2D eigenvalue weighted by Crippen LogP contribution is -2.39. The summed E-state index contributed by atoms with van der Waals surface area (Å²) in [6.45, 7) is 5.44. The SMILES string of the molecule is N#Cc1ccc(NCCN2CCOCC2)c(N)c1. The molecule has 18 heavy (non-hydrogen) atoms. The summed E-state index contributed by atoms with van der Waals surface area (Å²) in [6.07, 6.45) is 0. The molecule has 1 heterocycles. The fourth-order valence-corrected chi connectivity index (χ4v) is 1.97. The third kappa shape index (κ3) is 3.36. The summed E-state index contributed by atoms with van der Waals surface area (Å²) in [5.41, 5.74) is 7.97. The molecule has 0 spiro atoms. The first kappa shape index (κ1) is 12.7. The highest BCUT2D eigenvalue weighted by Gasteiger charge is 2.09. The van der Waals surface area contributed by atoms with Crippen LogP contribution >= 0.6 is 0 Å². The van der Waals surface area contributed by atoms with Gasteiger partial charge in [-0.25, -0.2) is 0 Å². The van der Waals surface area contributed by atoms with Gasteiger partial charge in [-0.2, -0.15) is 5.26 Å². The molecule has 1 fully saturated rings. The van der Waals surface area contributed by atoms with Crippen molar-refractivity contribution >= 4 is 11.4 Å². The van der Waals surface area contributed by atoms with Gasteiger partial charge in [0, 0.05) is 26.2 Å². The number of ether oxygens (including phenoxy) is 1. The van der Waals surface area contributed by atoms with E-state index in [1.807, 2.05) is 6.07 Å². The van der Waals surface area contributed by atoms with E-state index in [2.05, 4.69) is 16.3 Å². The molecule has 3 N–H and O–H groups in total. The van der Waals surface area contributed by atoms with Gasteiger partial charge in [0.2, 0.25) is 0 Å². The van der Waals surface area contributed by atoms with Gasteiger partial charge in [0.1, 0.15) is 0 Å². The molecule has 96 valence electrons. The van der Waals surface area contributed by atoms with Crippen molar-refractivity contribution in [2.24, 2.45) is 0 Å². The number of nitrogen functional groups attached to an aromatic ring is 1. The Morgan fingerprint density at radius 1 is 1.39 bits per heavy atom. The normalized spacial score (nSPS) is 16.2. The number of morpholine rings is 1. The number of nitrogens with zero attached hydrogens (tertiary/aromatic N) is 2. The Hall–Kier alpha value is -1.77. The van der Waals surface area contributed by atoms with Gasteiger partial charge in [-0.05, 0) is 18.2 Å². The highest BCUT2D eigenvalue weighted by atomic mass is 16.5. The van der Waals surface area contributed by atoms with Gasteiger partial charge in [-0.15, -0.1) is 0 Å². The molecule has 1 aliphatic heterocycles. The predicted octanol–water partition coefficient (Wildman–Crippen LogP) is 0.885. The Kier molecular flexibility index (Phi) is 4.40. The Labute approximate surface area is 107 Å². The Bertz CT molecular complexity index is 435. The quantitative estimate of drug-likeness (QED) is 0.772. The van der Waals surface area contributed by atoms with Crippen molar-refractivity contribution in [1.29, 1.82) is 5.26 Å². The lowest BCUT2D eigenvalue weighted by atomic mass is 10.2. The van der Waals surface area contributed by atoms with Crippen LogP contribution in [0.5, 0.6) is 0 Å². The standard InChI is InChI=1S/C13H18N4O/c14-10-11-1-2-13(12(15)9-11)16-3-4-17-5-7-18-8-6-17/h1-2,9,16H,3-8,15H2. The first-order chi connectivity index (χ1) is 8.79. The maximum Gasteiger partial charge on any atom is 0.0992 e. The summed E-state index contributed by atoms with van der Waals surface area (Å²) in [6, 6.07) is 7.39. The van der Waals surface area contributed by atoms with Crippen LogP contribution in [0.25, 0.3) is 0 Å². The van der Waals surface area contributed by atoms with Gasteiger partial charge in [-0.3, -0.25) is 4.90 Å². The van der Waals surface area contributed by atoms with Crippen LogP contribution in [0.1, 0.15) is 5.56 Å². The maximum absolute atomic E-state index is 8.75. The first-order valence-corrected chi connectivity index (χ1v) is 6.13. The van der Waals surface area contributed by atoms with Crippen molar-refractivity contribution in [1.82, 2.24) is 4.90 Å². The van der Waals surface area contributed by atoms with E-state index in [0.717, 1.165) is 45.1 Å². The summed E-state index contributed by atoms with van der Waals surface area (Å²) in [5, 5.41) is 12.0. The van der Waals surface area contributed by atoms with E-state index in [1.54, 1.807) is 12.1 Å². The monoisotopic (exact) mass is 246 g/mol.